The Bertz CT molecular complexity index is 652. The van der Waals surface area contributed by atoms with Crippen LogP contribution in [0.15, 0.2) is 12.1 Å². The Labute approximate surface area is 149 Å². The van der Waals surface area contributed by atoms with Gasteiger partial charge in [0.1, 0.15) is 0 Å². The quantitative estimate of drug-likeness (QED) is 0.673. The molecule has 0 saturated carbocycles. The SMILES string of the molecule is COc1cc(CCNC(=O)C(F)(F)C(F)(F)C(F)(F)F)cc(OC)c1OC. The number of ether oxygens (including phenoxy) is 3. The molecule has 0 aliphatic rings. The van der Waals surface area contributed by atoms with Gasteiger partial charge in [-0.1, -0.05) is 0 Å². The average molecular weight is 407 g/mol. The first-order valence-corrected chi connectivity index (χ1v) is 7.23. The van der Waals surface area contributed by atoms with Gasteiger partial charge in [-0.05, 0) is 24.1 Å². The summed E-state index contributed by atoms with van der Waals surface area (Å²) in [6, 6.07) is 2.80. The van der Waals surface area contributed by atoms with Crippen molar-refractivity contribution in [2.45, 2.75) is 24.4 Å². The zero-order chi connectivity index (χ0) is 21.0. The van der Waals surface area contributed by atoms with Gasteiger partial charge in [-0.15, -0.1) is 0 Å². The molecule has 12 heteroatoms. The molecule has 0 bridgehead atoms. The van der Waals surface area contributed by atoms with Gasteiger partial charge in [-0.3, -0.25) is 4.79 Å². The van der Waals surface area contributed by atoms with Crippen LogP contribution in [0.2, 0.25) is 0 Å². The van der Waals surface area contributed by atoms with Crippen molar-refractivity contribution in [2.24, 2.45) is 0 Å². The predicted octanol–water partition coefficient (Wildman–Crippen LogP) is 3.20. The van der Waals surface area contributed by atoms with Gasteiger partial charge < -0.3 is 19.5 Å². The van der Waals surface area contributed by atoms with Crippen molar-refractivity contribution in [3.8, 4) is 17.2 Å². The van der Waals surface area contributed by atoms with E-state index in [1.807, 2.05) is 0 Å². The fourth-order valence-electron chi connectivity index (χ4n) is 2.03. The highest BCUT2D eigenvalue weighted by Gasteiger charge is 2.76. The van der Waals surface area contributed by atoms with Crippen LogP contribution in [0.5, 0.6) is 17.2 Å². The number of carbonyl (C=O) groups is 1. The third-order valence-corrected chi connectivity index (χ3v) is 3.46. The minimum atomic E-state index is -6.58. The Kier molecular flexibility index (Phi) is 6.78. The zero-order valence-electron chi connectivity index (χ0n) is 14.3. The van der Waals surface area contributed by atoms with E-state index in [0.29, 0.717) is 5.56 Å². The van der Waals surface area contributed by atoms with Crippen LogP contribution in [0, 0.1) is 0 Å². The molecule has 1 amide bonds. The minimum absolute atomic E-state index is 0.184. The van der Waals surface area contributed by atoms with Gasteiger partial charge in [0.2, 0.25) is 5.75 Å². The molecule has 0 aliphatic heterocycles. The topological polar surface area (TPSA) is 56.8 Å². The molecule has 154 valence electrons. The summed E-state index contributed by atoms with van der Waals surface area (Å²) in [6.45, 7) is -0.638. The van der Waals surface area contributed by atoms with Crippen molar-refractivity contribution in [1.82, 2.24) is 5.32 Å². The number of rotatable bonds is 8. The van der Waals surface area contributed by atoms with Crippen molar-refractivity contribution in [1.29, 1.82) is 0 Å². The molecule has 1 aromatic rings. The second-order valence-corrected chi connectivity index (χ2v) is 5.19. The maximum atomic E-state index is 13.2. The molecule has 0 saturated heterocycles. The van der Waals surface area contributed by atoms with Crippen molar-refractivity contribution >= 4 is 5.91 Å². The van der Waals surface area contributed by atoms with E-state index in [2.05, 4.69) is 0 Å². The van der Waals surface area contributed by atoms with Gasteiger partial charge >= 0.3 is 18.0 Å². The van der Waals surface area contributed by atoms with Gasteiger partial charge in [-0.25, -0.2) is 0 Å². The van der Waals surface area contributed by atoms with Crippen LogP contribution in [0.3, 0.4) is 0 Å². The second-order valence-electron chi connectivity index (χ2n) is 5.19. The first-order chi connectivity index (χ1) is 12.3. The van der Waals surface area contributed by atoms with Crippen molar-refractivity contribution in [2.75, 3.05) is 27.9 Å². The van der Waals surface area contributed by atoms with E-state index in [0.717, 1.165) is 0 Å². The van der Waals surface area contributed by atoms with Gasteiger partial charge in [0.15, 0.2) is 11.5 Å². The van der Waals surface area contributed by atoms with Crippen LogP contribution < -0.4 is 19.5 Å². The summed E-state index contributed by atoms with van der Waals surface area (Å²) < 4.78 is 103. The summed E-state index contributed by atoms with van der Waals surface area (Å²) in [6.07, 6.45) is -6.76. The van der Waals surface area contributed by atoms with Crippen LogP contribution in [0.4, 0.5) is 30.7 Å². The molecule has 1 rings (SSSR count). The van der Waals surface area contributed by atoms with Crippen LogP contribution in [-0.2, 0) is 11.2 Å². The first-order valence-electron chi connectivity index (χ1n) is 7.23. The number of methoxy groups -OCH3 is 3. The Morgan fingerprint density at radius 3 is 1.78 bits per heavy atom. The normalized spacial score (nSPS) is 12.5. The molecule has 5 nitrogen and oxygen atoms in total. The van der Waals surface area contributed by atoms with E-state index in [1.165, 1.54) is 38.8 Å². The molecule has 1 N–H and O–H groups in total. The lowest BCUT2D eigenvalue weighted by Gasteiger charge is -2.27. The lowest BCUT2D eigenvalue weighted by atomic mass is 10.1. The first kappa shape index (κ1) is 22.6. The van der Waals surface area contributed by atoms with E-state index in [4.69, 9.17) is 14.2 Å². The van der Waals surface area contributed by atoms with Gasteiger partial charge in [-0.2, -0.15) is 30.7 Å². The highest BCUT2D eigenvalue weighted by molar-refractivity contribution is 5.84. The number of hydrogen-bond acceptors (Lipinski definition) is 4. The van der Waals surface area contributed by atoms with Crippen molar-refractivity contribution in [3.63, 3.8) is 0 Å². The Hall–Kier alpha value is -2.40. The number of benzene rings is 1. The zero-order valence-corrected chi connectivity index (χ0v) is 14.3. The fraction of sp³-hybridized carbons (Fsp3) is 0.533. The third-order valence-electron chi connectivity index (χ3n) is 3.46. The molecule has 0 atom stereocenters. The molecular formula is C15H16F7NO4. The number of carbonyl (C=O) groups excluding carboxylic acids is 1. The Morgan fingerprint density at radius 1 is 0.926 bits per heavy atom. The molecule has 0 fully saturated rings. The molecular weight excluding hydrogens is 391 g/mol. The van der Waals surface area contributed by atoms with Crippen LogP contribution in [0.1, 0.15) is 5.56 Å². The average Bonchev–Trinajstić information content (AvgIpc) is 2.59. The standard InChI is InChI=1S/C15H16F7NO4/c1-25-9-6-8(7-10(26-2)11(9)27-3)4-5-23-12(24)13(16,17)14(18,19)15(20,21)22/h6-7H,4-5H2,1-3H3,(H,23,24). The third kappa shape index (κ3) is 4.48. The largest absolute Gasteiger partial charge is 0.493 e. The van der Waals surface area contributed by atoms with Crippen LogP contribution in [0.25, 0.3) is 0 Å². The smallest absolute Gasteiger partial charge is 0.460 e. The van der Waals surface area contributed by atoms with Crippen LogP contribution >= 0.6 is 0 Å². The van der Waals surface area contributed by atoms with E-state index in [-0.39, 0.29) is 23.7 Å². The number of amides is 1. The summed E-state index contributed by atoms with van der Waals surface area (Å²) in [5, 5.41) is 1.37. The Balaban J connectivity index is 2.88. The maximum absolute atomic E-state index is 13.2. The summed E-state index contributed by atoms with van der Waals surface area (Å²) in [5.41, 5.74) is 0.357. The highest BCUT2D eigenvalue weighted by Crippen LogP contribution is 2.46. The number of nitrogens with one attached hydrogen (secondary N) is 1. The molecule has 0 aromatic heterocycles. The second kappa shape index (κ2) is 8.09. The summed E-state index contributed by atoms with van der Waals surface area (Å²) in [5.74, 6) is -14.6. The number of halogens is 7. The Morgan fingerprint density at radius 2 is 1.41 bits per heavy atom. The number of hydrogen-bond donors (Lipinski definition) is 1. The summed E-state index contributed by atoms with van der Waals surface area (Å²) in [7, 11) is 3.95. The molecule has 0 radical (unpaired) electrons. The monoisotopic (exact) mass is 407 g/mol. The lowest BCUT2D eigenvalue weighted by molar-refractivity contribution is -0.344. The predicted molar refractivity (Wildman–Crippen MR) is 78.8 cm³/mol. The van der Waals surface area contributed by atoms with E-state index in [9.17, 15) is 35.5 Å². The van der Waals surface area contributed by atoms with Gasteiger partial charge in [0, 0.05) is 6.54 Å². The molecule has 0 heterocycles. The maximum Gasteiger partial charge on any atom is 0.460 e. The van der Waals surface area contributed by atoms with Crippen molar-refractivity contribution in [3.05, 3.63) is 17.7 Å². The van der Waals surface area contributed by atoms with E-state index in [1.54, 1.807) is 0 Å². The van der Waals surface area contributed by atoms with Crippen molar-refractivity contribution < 1.29 is 49.7 Å². The summed E-state index contributed by atoms with van der Waals surface area (Å²) in [4.78, 5) is 11.2. The molecule has 1 aromatic carbocycles. The van der Waals surface area contributed by atoms with E-state index >= 15 is 0 Å². The van der Waals surface area contributed by atoms with Gasteiger partial charge in [0.05, 0.1) is 21.3 Å². The fourth-order valence-corrected chi connectivity index (χ4v) is 2.03. The molecule has 0 aliphatic carbocycles. The van der Waals surface area contributed by atoms with Gasteiger partial charge in [0.25, 0.3) is 5.91 Å². The highest BCUT2D eigenvalue weighted by atomic mass is 19.4. The van der Waals surface area contributed by atoms with E-state index < -0.39 is 30.5 Å². The number of alkyl halides is 7. The lowest BCUT2D eigenvalue weighted by Crippen LogP contribution is -2.59. The molecule has 0 spiro atoms. The van der Waals surface area contributed by atoms with Crippen LogP contribution in [-0.4, -0.2) is 51.8 Å². The molecule has 27 heavy (non-hydrogen) atoms. The minimum Gasteiger partial charge on any atom is -0.493 e. The summed E-state index contributed by atoms with van der Waals surface area (Å²) >= 11 is 0. The molecule has 0 unspecified atom stereocenters.